The Hall–Kier alpha value is -5.06. The molecule has 1 saturated heterocycles. The van der Waals surface area contributed by atoms with E-state index in [0.29, 0.717) is 38.2 Å². The lowest BCUT2D eigenvalue weighted by atomic mass is 10.1. The topological polar surface area (TPSA) is 76.9 Å². The molecule has 2 aliphatic heterocycles. The Morgan fingerprint density at radius 3 is 2.25 bits per heavy atom. The standard InChI is InChI=1S/C26H31N3O.C18H19N3O2.C2H6/c1-5-24(30-26-9-7-6-8-19(26)2)17-29-18-25(27-28(29)4)22-13-10-21(11-14-22)12-15-23-16-20(23)3;1-2-14(1)3-4-15-5-7-16(8-6-15)18-12-21(20-19-18)11-17-13-22-9-10-23-17;1-2/h6-11,13-14,18,20,23-24,27H,5,16-17H2,1-4H3;5-8,12,14,17H,1-2,9-11,13H2;1-2H3/t20?,23?,24-;17-;/m10./s1. The average Bonchev–Trinajstić information content (AvgIpc) is 4.10. The van der Waals surface area contributed by atoms with Gasteiger partial charge >= 0.3 is 0 Å². The summed E-state index contributed by atoms with van der Waals surface area (Å²) >= 11 is 0. The number of hydrazine groups is 2. The van der Waals surface area contributed by atoms with Crippen LogP contribution in [0.25, 0.3) is 17.0 Å². The van der Waals surface area contributed by atoms with E-state index in [1.807, 2.05) is 79.4 Å². The molecule has 2 unspecified atom stereocenters. The van der Waals surface area contributed by atoms with E-state index in [1.165, 1.54) is 24.8 Å². The van der Waals surface area contributed by atoms with E-state index < -0.39 is 0 Å². The molecule has 4 aromatic rings. The zero-order valence-electron chi connectivity index (χ0n) is 33.3. The van der Waals surface area contributed by atoms with Gasteiger partial charge < -0.3 is 14.2 Å². The van der Waals surface area contributed by atoms with E-state index in [0.717, 1.165) is 58.3 Å². The lowest BCUT2D eigenvalue weighted by Crippen LogP contribution is -2.43. The number of aryl methyl sites for hydroxylation is 1. The fourth-order valence-electron chi connectivity index (χ4n) is 6.08. The van der Waals surface area contributed by atoms with Crippen molar-refractivity contribution in [1.82, 2.24) is 30.5 Å². The number of aromatic nitrogens is 3. The van der Waals surface area contributed by atoms with Crippen molar-refractivity contribution >= 4 is 5.70 Å². The van der Waals surface area contributed by atoms with Crippen molar-refractivity contribution in [3.05, 3.63) is 107 Å². The smallest absolute Gasteiger partial charge is 0.122 e. The van der Waals surface area contributed by atoms with Crippen molar-refractivity contribution in [3.63, 3.8) is 0 Å². The van der Waals surface area contributed by atoms with Gasteiger partial charge in [-0.1, -0.05) is 99.1 Å². The van der Waals surface area contributed by atoms with Gasteiger partial charge in [0.25, 0.3) is 0 Å². The molecule has 0 radical (unpaired) electrons. The molecule has 288 valence electrons. The molecule has 8 rings (SSSR count). The fourth-order valence-corrected chi connectivity index (χ4v) is 6.08. The summed E-state index contributed by atoms with van der Waals surface area (Å²) in [5.41, 5.74) is 10.9. The summed E-state index contributed by atoms with van der Waals surface area (Å²) in [6.45, 7) is 13.9. The molecular formula is C46H56N6O3. The molecule has 2 aliphatic carbocycles. The van der Waals surface area contributed by atoms with Crippen molar-refractivity contribution in [2.75, 3.05) is 33.4 Å². The van der Waals surface area contributed by atoms with E-state index in [1.54, 1.807) is 0 Å². The number of hydrogen-bond acceptors (Lipinski definition) is 8. The first-order valence-electron chi connectivity index (χ1n) is 19.9. The van der Waals surface area contributed by atoms with Gasteiger partial charge in [-0.25, -0.2) is 4.68 Å². The van der Waals surface area contributed by atoms with E-state index in [9.17, 15) is 0 Å². The molecule has 1 aromatic heterocycles. The molecule has 2 saturated carbocycles. The number of ether oxygens (including phenoxy) is 3. The van der Waals surface area contributed by atoms with Crippen molar-refractivity contribution in [1.29, 1.82) is 0 Å². The monoisotopic (exact) mass is 740 g/mol. The third-order valence-electron chi connectivity index (χ3n) is 9.88. The second-order valence-corrected chi connectivity index (χ2v) is 14.4. The van der Waals surface area contributed by atoms with E-state index in [-0.39, 0.29) is 12.2 Å². The number of benzene rings is 3. The van der Waals surface area contributed by atoms with Crippen LogP contribution in [0.2, 0.25) is 0 Å². The molecule has 3 aromatic carbocycles. The number of nitrogens with one attached hydrogen (secondary N) is 1. The summed E-state index contributed by atoms with van der Waals surface area (Å²) in [6, 6.07) is 24.9. The number of para-hydroxylation sites is 1. The molecule has 3 fully saturated rings. The molecule has 4 atom stereocenters. The molecule has 9 heteroatoms. The van der Waals surface area contributed by atoms with Crippen LogP contribution in [0.3, 0.4) is 0 Å². The van der Waals surface area contributed by atoms with E-state index in [4.69, 9.17) is 14.2 Å². The maximum Gasteiger partial charge on any atom is 0.122 e. The minimum atomic E-state index is 0.0541. The van der Waals surface area contributed by atoms with Crippen molar-refractivity contribution in [2.45, 2.75) is 79.1 Å². The summed E-state index contributed by atoms with van der Waals surface area (Å²) in [5, 5.41) is 12.6. The second kappa shape index (κ2) is 19.5. The zero-order chi connectivity index (χ0) is 38.6. The predicted molar refractivity (Wildman–Crippen MR) is 219 cm³/mol. The Kier molecular flexibility index (Phi) is 14.1. The first kappa shape index (κ1) is 39.6. The van der Waals surface area contributed by atoms with Crippen LogP contribution in [-0.4, -0.2) is 70.7 Å². The Bertz CT molecular complexity index is 1970. The van der Waals surface area contributed by atoms with Gasteiger partial charge in [-0.15, -0.1) is 10.2 Å². The Morgan fingerprint density at radius 1 is 0.927 bits per heavy atom. The normalized spacial score (nSPS) is 20.4. The van der Waals surface area contributed by atoms with E-state index in [2.05, 4.69) is 102 Å². The Balaban J connectivity index is 0.000000184. The summed E-state index contributed by atoms with van der Waals surface area (Å²) < 4.78 is 19.1. The van der Waals surface area contributed by atoms with Gasteiger partial charge in [-0.2, -0.15) is 0 Å². The Labute approximate surface area is 328 Å². The van der Waals surface area contributed by atoms with Crippen LogP contribution in [0, 0.1) is 48.4 Å². The molecular weight excluding hydrogens is 685 g/mol. The highest BCUT2D eigenvalue weighted by atomic mass is 16.6. The fraction of sp³-hybridized carbons (Fsp3) is 0.435. The van der Waals surface area contributed by atoms with Gasteiger partial charge in [0.05, 0.1) is 44.8 Å². The zero-order valence-corrected chi connectivity index (χ0v) is 33.3. The first-order chi connectivity index (χ1) is 26.9. The maximum atomic E-state index is 6.28. The molecule has 0 spiro atoms. The lowest BCUT2D eigenvalue weighted by Gasteiger charge is -2.29. The molecule has 0 bridgehead atoms. The number of nitrogens with zero attached hydrogens (tertiary/aromatic N) is 5. The summed E-state index contributed by atoms with van der Waals surface area (Å²) in [4.78, 5) is 0. The highest BCUT2D eigenvalue weighted by molar-refractivity contribution is 5.65. The van der Waals surface area contributed by atoms with Crippen LogP contribution in [-0.2, 0) is 16.0 Å². The van der Waals surface area contributed by atoms with Gasteiger partial charge in [-0.05, 0) is 74.4 Å². The number of hydrogen-bond donors (Lipinski definition) is 1. The Morgan fingerprint density at radius 2 is 1.62 bits per heavy atom. The predicted octanol–water partition coefficient (Wildman–Crippen LogP) is 7.97. The largest absolute Gasteiger partial charge is 0.488 e. The minimum absolute atomic E-state index is 0.0541. The SMILES string of the molecule is C(#CC1CC1)c1ccc(-c2cn(C[C@H]3COCCO3)nn2)cc1.CC.CC[C@H](CN1C=C(c2ccc(C#CC3CC3C)cc2)NN1C)Oc1ccccc1C. The minimum Gasteiger partial charge on any atom is -0.488 e. The third-order valence-corrected chi connectivity index (χ3v) is 9.88. The van der Waals surface area contributed by atoms with Crippen LogP contribution in [0.5, 0.6) is 5.75 Å². The molecule has 4 aliphatic rings. The van der Waals surface area contributed by atoms with Crippen molar-refractivity contribution in [2.24, 2.45) is 17.8 Å². The maximum absolute atomic E-state index is 6.28. The molecule has 55 heavy (non-hydrogen) atoms. The van der Waals surface area contributed by atoms with Crippen LogP contribution >= 0.6 is 0 Å². The van der Waals surface area contributed by atoms with Crippen molar-refractivity contribution in [3.8, 4) is 40.7 Å². The molecule has 9 nitrogen and oxygen atoms in total. The highest BCUT2D eigenvalue weighted by Crippen LogP contribution is 2.36. The van der Waals surface area contributed by atoms with Crippen LogP contribution in [0.1, 0.15) is 75.6 Å². The third kappa shape index (κ3) is 11.7. The summed E-state index contributed by atoms with van der Waals surface area (Å²) in [5.74, 6) is 16.1. The average molecular weight is 741 g/mol. The van der Waals surface area contributed by atoms with Crippen LogP contribution in [0.15, 0.2) is 85.2 Å². The van der Waals surface area contributed by atoms with Gasteiger partial charge in [0.2, 0.25) is 0 Å². The van der Waals surface area contributed by atoms with Gasteiger partial charge in [0.15, 0.2) is 0 Å². The molecule has 3 heterocycles. The van der Waals surface area contributed by atoms with Gasteiger partial charge in [0.1, 0.15) is 23.7 Å². The van der Waals surface area contributed by atoms with Crippen molar-refractivity contribution < 1.29 is 14.2 Å². The quantitative estimate of drug-likeness (QED) is 0.173. The lowest BCUT2D eigenvalue weighted by molar-refractivity contribution is -0.0947. The van der Waals surface area contributed by atoms with Gasteiger partial charge in [-0.3, -0.25) is 10.4 Å². The van der Waals surface area contributed by atoms with Crippen LogP contribution < -0.4 is 10.2 Å². The first-order valence-corrected chi connectivity index (χ1v) is 19.9. The second-order valence-electron chi connectivity index (χ2n) is 14.4. The molecule has 1 N–H and O–H groups in total. The van der Waals surface area contributed by atoms with Crippen LogP contribution in [0.4, 0.5) is 0 Å². The van der Waals surface area contributed by atoms with E-state index >= 15 is 0 Å². The van der Waals surface area contributed by atoms with Gasteiger partial charge in [0, 0.05) is 47.3 Å². The summed E-state index contributed by atoms with van der Waals surface area (Å²) in [6.07, 6.45) is 8.95. The number of rotatable bonds is 9. The summed E-state index contributed by atoms with van der Waals surface area (Å²) in [7, 11) is 2.03. The molecule has 0 amide bonds. The highest BCUT2D eigenvalue weighted by Gasteiger charge is 2.30.